The van der Waals surface area contributed by atoms with Crippen LogP contribution < -0.4 is 30.5 Å². The van der Waals surface area contributed by atoms with Crippen molar-refractivity contribution in [2.24, 2.45) is 5.92 Å². The predicted molar refractivity (Wildman–Crippen MR) is 217 cm³/mol. The predicted octanol–water partition coefficient (Wildman–Crippen LogP) is 6.78. The summed E-state index contributed by atoms with van der Waals surface area (Å²) in [4.78, 5) is 55.4. The number of nitriles is 1. The number of aryl methyl sites for hydroxylation is 1. The Morgan fingerprint density at radius 1 is 1.03 bits per heavy atom. The standard InChI is InChI=1S/C42H46F3N7O5S/c1-5-27-21-32(52-40(58)51(39(56)41(52,3)4)31-10-9-28(24-46)33(23-31)42(43,44)45)11-13-35(27)57-20-17-26-15-18-50(19-16-26)25(2)37(54)48-30-8-6-7-29(22-30)47-34-12-14-36(53)49-38(34)55/h6-11,13,21-23,25-26,34,47H,5,12,14-20H2,1-4H3,(H,48,54)(H,49,53,55)/t25-,34?/m1/s1. The van der Waals surface area contributed by atoms with Gasteiger partial charge >= 0.3 is 6.18 Å². The molecule has 3 heterocycles. The van der Waals surface area contributed by atoms with E-state index in [9.17, 15) is 37.6 Å². The van der Waals surface area contributed by atoms with Gasteiger partial charge in [0.1, 0.15) is 17.3 Å². The Labute approximate surface area is 340 Å². The van der Waals surface area contributed by atoms with E-state index in [1.165, 1.54) is 6.07 Å². The topological polar surface area (TPSA) is 147 Å². The van der Waals surface area contributed by atoms with Crippen LogP contribution in [0, 0.1) is 17.2 Å². The maximum atomic E-state index is 13.8. The van der Waals surface area contributed by atoms with Gasteiger partial charge in [0.15, 0.2) is 5.11 Å². The molecular formula is C42H46F3N7O5S. The summed E-state index contributed by atoms with van der Waals surface area (Å²) < 4.78 is 47.6. The summed E-state index contributed by atoms with van der Waals surface area (Å²) >= 11 is 5.71. The highest BCUT2D eigenvalue weighted by Gasteiger charge is 2.51. The van der Waals surface area contributed by atoms with Crippen LogP contribution in [0.2, 0.25) is 0 Å². The van der Waals surface area contributed by atoms with Crippen molar-refractivity contribution in [1.29, 1.82) is 5.26 Å². The van der Waals surface area contributed by atoms with Gasteiger partial charge < -0.3 is 20.3 Å². The fourth-order valence-electron chi connectivity index (χ4n) is 7.68. The number of hydrogen-bond donors (Lipinski definition) is 3. The first kappa shape index (κ1) is 42.1. The normalized spacial score (nSPS) is 19.4. The van der Waals surface area contributed by atoms with Crippen LogP contribution in [0.1, 0.15) is 76.5 Å². The fraction of sp³-hybridized carbons (Fsp3) is 0.429. The number of rotatable bonds is 12. The molecule has 3 aromatic rings. The van der Waals surface area contributed by atoms with E-state index in [-0.39, 0.29) is 41.0 Å². The van der Waals surface area contributed by atoms with Gasteiger partial charge in [-0.3, -0.25) is 34.3 Å². The molecule has 16 heteroatoms. The molecule has 1 unspecified atom stereocenters. The first-order valence-corrected chi connectivity index (χ1v) is 19.7. The zero-order chi connectivity index (χ0) is 41.9. The van der Waals surface area contributed by atoms with Gasteiger partial charge in [0.25, 0.3) is 5.91 Å². The number of likely N-dealkylation sites (tertiary alicyclic amines) is 1. The molecule has 3 aliphatic heterocycles. The average molecular weight is 818 g/mol. The van der Waals surface area contributed by atoms with Crippen molar-refractivity contribution in [2.45, 2.75) is 90.0 Å². The number of carbonyl (C=O) groups is 4. The molecule has 3 aromatic carbocycles. The number of hydrogen-bond acceptors (Lipinski definition) is 9. The summed E-state index contributed by atoms with van der Waals surface area (Å²) in [6.45, 7) is 9.19. The lowest BCUT2D eigenvalue weighted by molar-refractivity contribution is -0.138. The van der Waals surface area contributed by atoms with Gasteiger partial charge in [-0.25, -0.2) is 0 Å². The molecule has 4 amide bonds. The number of piperidine rings is 2. The molecule has 0 aromatic heterocycles. The lowest BCUT2D eigenvalue weighted by atomic mass is 9.93. The zero-order valence-corrected chi connectivity index (χ0v) is 33.6. The zero-order valence-electron chi connectivity index (χ0n) is 32.7. The molecule has 58 heavy (non-hydrogen) atoms. The number of anilines is 4. The van der Waals surface area contributed by atoms with E-state index in [2.05, 4.69) is 20.9 Å². The number of nitrogens with one attached hydrogen (secondary N) is 3. The number of halogens is 3. The van der Waals surface area contributed by atoms with E-state index in [0.717, 1.165) is 54.9 Å². The van der Waals surface area contributed by atoms with Crippen LogP contribution >= 0.6 is 12.2 Å². The van der Waals surface area contributed by atoms with E-state index in [1.54, 1.807) is 55.1 Å². The number of benzene rings is 3. The van der Waals surface area contributed by atoms with Crippen molar-refractivity contribution < 1.29 is 37.1 Å². The van der Waals surface area contributed by atoms with Gasteiger partial charge in [-0.05, 0) is 144 Å². The monoisotopic (exact) mass is 817 g/mol. The van der Waals surface area contributed by atoms with Crippen molar-refractivity contribution in [3.63, 3.8) is 0 Å². The van der Waals surface area contributed by atoms with E-state index < -0.39 is 34.8 Å². The molecule has 0 bridgehead atoms. The second-order valence-corrected chi connectivity index (χ2v) is 15.7. The van der Waals surface area contributed by atoms with Crippen molar-refractivity contribution in [3.05, 3.63) is 77.4 Å². The molecular weight excluding hydrogens is 772 g/mol. The second-order valence-electron chi connectivity index (χ2n) is 15.3. The molecule has 0 aliphatic carbocycles. The third kappa shape index (κ3) is 8.95. The SMILES string of the molecule is CCc1cc(N2C(=S)N(c3ccc(C#N)c(C(F)(F)F)c3)C(=O)C2(C)C)ccc1OCCC1CCN([C@H](C)C(=O)Nc2cccc(NC3CCC(=O)NC3=O)c2)CC1. The van der Waals surface area contributed by atoms with E-state index >= 15 is 0 Å². The Kier molecular flexibility index (Phi) is 12.4. The number of thiocarbonyl (C=S) groups is 1. The van der Waals surface area contributed by atoms with Crippen LogP contribution in [0.15, 0.2) is 60.7 Å². The molecule has 12 nitrogen and oxygen atoms in total. The summed E-state index contributed by atoms with van der Waals surface area (Å²) in [6.07, 6.45) is -0.879. The molecule has 2 atom stereocenters. The summed E-state index contributed by atoms with van der Waals surface area (Å²) in [6, 6.07) is 16.5. The first-order chi connectivity index (χ1) is 27.5. The smallest absolute Gasteiger partial charge is 0.417 e. The van der Waals surface area contributed by atoms with E-state index in [0.29, 0.717) is 48.2 Å². The molecule has 0 spiro atoms. The number of alkyl halides is 3. The largest absolute Gasteiger partial charge is 0.493 e. The summed E-state index contributed by atoms with van der Waals surface area (Å²) in [7, 11) is 0. The fourth-order valence-corrected chi connectivity index (χ4v) is 8.20. The highest BCUT2D eigenvalue weighted by molar-refractivity contribution is 7.81. The highest BCUT2D eigenvalue weighted by atomic mass is 32.1. The lowest BCUT2D eigenvalue weighted by Gasteiger charge is -2.35. The van der Waals surface area contributed by atoms with Crippen LogP contribution in [0.4, 0.5) is 35.9 Å². The average Bonchev–Trinajstić information content (AvgIpc) is 3.37. The van der Waals surface area contributed by atoms with Crippen LogP contribution in [0.5, 0.6) is 5.75 Å². The Hall–Kier alpha value is -5.53. The quantitative estimate of drug-likeness (QED) is 0.132. The number of carbonyl (C=O) groups excluding carboxylic acids is 4. The maximum absolute atomic E-state index is 13.8. The van der Waals surface area contributed by atoms with Gasteiger partial charge in [-0.2, -0.15) is 18.4 Å². The molecule has 3 fully saturated rings. The second kappa shape index (κ2) is 17.1. The number of imide groups is 1. The summed E-state index contributed by atoms with van der Waals surface area (Å²) in [5, 5.41) is 17.7. The Morgan fingerprint density at radius 3 is 2.41 bits per heavy atom. The van der Waals surface area contributed by atoms with Crippen molar-refractivity contribution >= 4 is 63.7 Å². The van der Waals surface area contributed by atoms with Crippen molar-refractivity contribution in [3.8, 4) is 11.8 Å². The molecule has 306 valence electrons. The lowest BCUT2D eigenvalue weighted by Crippen LogP contribution is -2.47. The molecule has 0 saturated carbocycles. The molecule has 3 aliphatic rings. The van der Waals surface area contributed by atoms with Gasteiger partial charge in [0, 0.05) is 23.5 Å². The van der Waals surface area contributed by atoms with Gasteiger partial charge in [-0.1, -0.05) is 13.0 Å². The number of nitrogens with zero attached hydrogens (tertiary/aromatic N) is 4. The summed E-state index contributed by atoms with van der Waals surface area (Å²) in [5.74, 6) is -0.174. The third-order valence-electron chi connectivity index (χ3n) is 11.1. The molecule has 3 N–H and O–H groups in total. The molecule has 6 rings (SSSR count). The van der Waals surface area contributed by atoms with Gasteiger partial charge in [-0.15, -0.1) is 0 Å². The molecule has 3 saturated heterocycles. The highest BCUT2D eigenvalue weighted by Crippen LogP contribution is 2.41. The minimum absolute atomic E-state index is 0.0234. The van der Waals surface area contributed by atoms with E-state index in [4.69, 9.17) is 17.0 Å². The Bertz CT molecular complexity index is 2150. The van der Waals surface area contributed by atoms with Crippen molar-refractivity contribution in [2.75, 3.05) is 40.1 Å². The van der Waals surface area contributed by atoms with Gasteiger partial charge in [0.05, 0.1) is 35.5 Å². The minimum Gasteiger partial charge on any atom is -0.493 e. The Morgan fingerprint density at radius 2 is 1.74 bits per heavy atom. The maximum Gasteiger partial charge on any atom is 0.417 e. The first-order valence-electron chi connectivity index (χ1n) is 19.3. The van der Waals surface area contributed by atoms with E-state index in [1.807, 2.05) is 26.0 Å². The third-order valence-corrected chi connectivity index (χ3v) is 11.5. The van der Waals surface area contributed by atoms with Crippen LogP contribution in [0.25, 0.3) is 0 Å². The minimum atomic E-state index is -4.79. The van der Waals surface area contributed by atoms with Crippen LogP contribution in [-0.2, 0) is 31.8 Å². The van der Waals surface area contributed by atoms with Crippen LogP contribution in [0.3, 0.4) is 0 Å². The number of ether oxygens (including phenoxy) is 1. The van der Waals surface area contributed by atoms with Crippen molar-refractivity contribution in [1.82, 2.24) is 10.2 Å². The molecule has 0 radical (unpaired) electrons. The number of amides is 4. The Balaban J connectivity index is 1.01. The van der Waals surface area contributed by atoms with Gasteiger partial charge in [0.2, 0.25) is 17.7 Å². The summed E-state index contributed by atoms with van der Waals surface area (Å²) in [5.41, 5.74) is -0.215. The van der Waals surface area contributed by atoms with Crippen LogP contribution in [-0.4, -0.2) is 71.0 Å².